The topological polar surface area (TPSA) is 328 Å². The van der Waals surface area contributed by atoms with Gasteiger partial charge in [-0.2, -0.15) is 0 Å². The van der Waals surface area contributed by atoms with Crippen LogP contribution < -0.4 is 10.2 Å². The number of fused-ring (bicyclic) bond motifs is 1. The second-order valence-corrected chi connectivity index (χ2v) is 12.6. The minimum absolute atomic E-state index is 0.0249. The molecule has 3 saturated heterocycles. The van der Waals surface area contributed by atoms with Gasteiger partial charge >= 0.3 is 0 Å². The lowest BCUT2D eigenvalue weighted by Crippen LogP contribution is -2.64. The zero-order valence-corrected chi connectivity index (χ0v) is 27.0. The Morgan fingerprint density at radius 2 is 1.42 bits per heavy atom. The summed E-state index contributed by atoms with van der Waals surface area (Å²) in [6.07, 6.45) is -23.1. The predicted octanol–water partition coefficient (Wildman–Crippen LogP) is -3.22. The van der Waals surface area contributed by atoms with Crippen molar-refractivity contribution in [1.29, 1.82) is 0 Å². The van der Waals surface area contributed by atoms with Crippen molar-refractivity contribution >= 4 is 11.0 Å². The highest BCUT2D eigenvalue weighted by Crippen LogP contribution is 2.40. The normalized spacial score (nSPS) is 36.9. The Morgan fingerprint density at radius 3 is 2.12 bits per heavy atom. The molecular formula is C32H38O20. The Kier molecular flexibility index (Phi) is 10.8. The maximum Gasteiger partial charge on any atom is 0.239 e. The van der Waals surface area contributed by atoms with Crippen LogP contribution in [0.15, 0.2) is 39.5 Å². The smallest absolute Gasteiger partial charge is 0.239 e. The monoisotopic (exact) mass is 742 g/mol. The number of hydrogen-bond donors (Lipinski definition) is 12. The largest absolute Gasteiger partial charge is 0.508 e. The molecule has 4 heterocycles. The van der Waals surface area contributed by atoms with Crippen LogP contribution in [0.4, 0.5) is 0 Å². The number of benzene rings is 2. The first-order valence-corrected chi connectivity index (χ1v) is 15.9. The second-order valence-electron chi connectivity index (χ2n) is 12.6. The summed E-state index contributed by atoms with van der Waals surface area (Å²) in [6.45, 7) is 0.148. The van der Waals surface area contributed by atoms with Crippen molar-refractivity contribution in [3.8, 4) is 40.1 Å². The Labute approximate surface area is 292 Å². The van der Waals surface area contributed by atoms with E-state index in [2.05, 4.69) is 0 Å². The molecule has 0 radical (unpaired) electrons. The van der Waals surface area contributed by atoms with E-state index in [4.69, 9.17) is 32.8 Å². The van der Waals surface area contributed by atoms with E-state index in [1.807, 2.05) is 0 Å². The third-order valence-electron chi connectivity index (χ3n) is 9.05. The lowest BCUT2D eigenvalue weighted by molar-refractivity contribution is -0.359. The molecule has 0 spiro atoms. The van der Waals surface area contributed by atoms with Crippen LogP contribution in [0.5, 0.6) is 28.7 Å². The van der Waals surface area contributed by atoms with Crippen LogP contribution in [-0.2, 0) is 23.7 Å². The minimum atomic E-state index is -1.97. The number of aliphatic hydroxyl groups excluding tert-OH is 8. The maximum atomic E-state index is 13.7. The minimum Gasteiger partial charge on any atom is -0.508 e. The molecule has 12 N–H and O–H groups in total. The molecule has 6 rings (SSSR count). The molecule has 3 fully saturated rings. The van der Waals surface area contributed by atoms with E-state index in [0.717, 1.165) is 24.3 Å². The predicted molar refractivity (Wildman–Crippen MR) is 167 cm³/mol. The van der Waals surface area contributed by atoms with Crippen LogP contribution in [0.3, 0.4) is 0 Å². The van der Waals surface area contributed by atoms with Crippen molar-refractivity contribution in [2.24, 2.45) is 0 Å². The van der Waals surface area contributed by atoms with Crippen LogP contribution in [0, 0.1) is 0 Å². The van der Waals surface area contributed by atoms with Crippen LogP contribution in [0.1, 0.15) is 6.92 Å². The van der Waals surface area contributed by atoms with E-state index in [1.165, 1.54) is 13.0 Å². The zero-order chi connectivity index (χ0) is 37.8. The van der Waals surface area contributed by atoms with Gasteiger partial charge in [0.15, 0.2) is 29.8 Å². The van der Waals surface area contributed by atoms with Gasteiger partial charge in [0, 0.05) is 17.7 Å². The highest BCUT2D eigenvalue weighted by Gasteiger charge is 2.51. The number of ether oxygens (including phenoxy) is 6. The van der Waals surface area contributed by atoms with E-state index in [9.17, 15) is 66.1 Å². The molecule has 3 aliphatic heterocycles. The van der Waals surface area contributed by atoms with Gasteiger partial charge in [0.1, 0.15) is 83.5 Å². The molecule has 0 aliphatic carbocycles. The van der Waals surface area contributed by atoms with E-state index in [0.29, 0.717) is 0 Å². The Morgan fingerprint density at radius 1 is 0.731 bits per heavy atom. The number of aliphatic hydroxyl groups is 8. The van der Waals surface area contributed by atoms with Crippen LogP contribution in [0.25, 0.3) is 22.3 Å². The van der Waals surface area contributed by atoms with Gasteiger partial charge in [0.05, 0.1) is 19.3 Å². The van der Waals surface area contributed by atoms with E-state index < -0.39 is 139 Å². The maximum absolute atomic E-state index is 13.7. The molecule has 14 atom stereocenters. The van der Waals surface area contributed by atoms with Crippen molar-refractivity contribution in [3.05, 3.63) is 40.6 Å². The molecule has 3 aliphatic rings. The first-order chi connectivity index (χ1) is 24.6. The van der Waals surface area contributed by atoms with Crippen molar-refractivity contribution < 1.29 is 94.1 Å². The molecule has 1 aromatic heterocycles. The molecule has 3 aromatic rings. The highest BCUT2D eigenvalue weighted by molar-refractivity contribution is 5.88. The Hall–Kier alpha value is -3.87. The summed E-state index contributed by atoms with van der Waals surface area (Å²) in [5.74, 6) is -3.30. The Bertz CT molecular complexity index is 1800. The van der Waals surface area contributed by atoms with Crippen LogP contribution in [-0.4, -0.2) is 161 Å². The molecule has 52 heavy (non-hydrogen) atoms. The molecule has 20 nitrogen and oxygen atoms in total. The number of hydrogen-bond acceptors (Lipinski definition) is 20. The Balaban J connectivity index is 1.18. The average Bonchev–Trinajstić information content (AvgIpc) is 3.10. The quantitative estimate of drug-likeness (QED) is 0.101. The van der Waals surface area contributed by atoms with Crippen molar-refractivity contribution in [1.82, 2.24) is 0 Å². The number of aromatic hydroxyl groups is 4. The first kappa shape index (κ1) is 37.9. The number of phenolic OH excluding ortho intramolecular Hbond substituents is 4. The fourth-order valence-electron chi connectivity index (χ4n) is 6.15. The molecule has 20 heteroatoms. The summed E-state index contributed by atoms with van der Waals surface area (Å²) >= 11 is 0. The summed E-state index contributed by atoms with van der Waals surface area (Å²) in [5, 5.41) is 123. The van der Waals surface area contributed by atoms with Gasteiger partial charge in [-0.15, -0.1) is 0 Å². The van der Waals surface area contributed by atoms with Gasteiger partial charge < -0.3 is 94.1 Å². The van der Waals surface area contributed by atoms with Gasteiger partial charge in [-0.3, -0.25) is 4.79 Å². The third kappa shape index (κ3) is 6.97. The van der Waals surface area contributed by atoms with Crippen molar-refractivity contribution in [2.75, 3.05) is 13.2 Å². The zero-order valence-electron chi connectivity index (χ0n) is 27.0. The number of phenols is 4. The summed E-state index contributed by atoms with van der Waals surface area (Å²) in [4.78, 5) is 13.7. The SMILES string of the molecule is CC1OC(Oc2c(-c3ccc(O)c(O)c3)oc3cc(O)cc(O)c3c2=O)C(O)C(O)C1OC1OCC(OC2OC(CO)C(O)C(O)C2O)C(O)C1O. The lowest BCUT2D eigenvalue weighted by atomic mass is 9.98. The molecule has 14 unspecified atom stereocenters. The summed E-state index contributed by atoms with van der Waals surface area (Å²) in [5.41, 5.74) is -1.33. The summed E-state index contributed by atoms with van der Waals surface area (Å²) in [6, 6.07) is 5.26. The van der Waals surface area contributed by atoms with E-state index >= 15 is 0 Å². The van der Waals surface area contributed by atoms with Gasteiger partial charge in [0.2, 0.25) is 17.5 Å². The third-order valence-corrected chi connectivity index (χ3v) is 9.05. The second kappa shape index (κ2) is 14.9. The summed E-state index contributed by atoms with van der Waals surface area (Å²) < 4.78 is 39.2. The number of rotatable bonds is 8. The highest BCUT2D eigenvalue weighted by atomic mass is 16.8. The van der Waals surface area contributed by atoms with Gasteiger partial charge in [-0.1, -0.05) is 0 Å². The first-order valence-electron chi connectivity index (χ1n) is 15.9. The van der Waals surface area contributed by atoms with Crippen LogP contribution >= 0.6 is 0 Å². The van der Waals surface area contributed by atoms with Gasteiger partial charge in [-0.05, 0) is 25.1 Å². The average molecular weight is 743 g/mol. The standard InChI is InChI=1S/C32H38O20/c1-9-27(51-30-24(43)20(39)17(8-46-30)50-32-25(44)22(41)19(38)16(7-33)49-32)23(42)26(45)31(47-9)52-29-21(40)18-14(37)5-11(34)6-15(18)48-28(29)10-2-3-12(35)13(36)4-10/h2-6,9,16-17,19-20,22-27,30-39,41-45H,7-8H2,1H3. The van der Waals surface area contributed by atoms with Crippen molar-refractivity contribution in [2.45, 2.75) is 92.9 Å². The van der Waals surface area contributed by atoms with Crippen molar-refractivity contribution in [3.63, 3.8) is 0 Å². The van der Waals surface area contributed by atoms with E-state index in [1.54, 1.807) is 0 Å². The van der Waals surface area contributed by atoms with E-state index in [-0.39, 0.29) is 16.9 Å². The fourth-order valence-corrected chi connectivity index (χ4v) is 6.15. The lowest BCUT2D eigenvalue weighted by Gasteiger charge is -2.45. The summed E-state index contributed by atoms with van der Waals surface area (Å²) in [7, 11) is 0. The molecule has 2 aromatic carbocycles. The molecule has 0 amide bonds. The van der Waals surface area contributed by atoms with Gasteiger partial charge in [-0.25, -0.2) is 0 Å². The molecule has 0 saturated carbocycles. The van der Waals surface area contributed by atoms with Crippen LogP contribution in [0.2, 0.25) is 0 Å². The molecule has 286 valence electrons. The fraction of sp³-hybridized carbons (Fsp3) is 0.531. The molecule has 0 bridgehead atoms. The van der Waals surface area contributed by atoms with Gasteiger partial charge in [0.25, 0.3) is 0 Å². The molecular weight excluding hydrogens is 704 g/mol.